The maximum absolute atomic E-state index is 4.87. The standard InChI is InChI=1S/C21H26N6S/c1-5-21(3,4)14-6-7-15-16(10-14)28-20-18(15)19-23-17(25-27(19)12-22-20)11-26-9-8-13(2)24-26/h8-9,12,14H,5-7,10-11H2,1-4H3. The molecule has 4 aromatic rings. The summed E-state index contributed by atoms with van der Waals surface area (Å²) in [6.07, 6.45) is 8.52. The molecule has 0 spiro atoms. The molecule has 4 heterocycles. The Bertz CT molecular complexity index is 1160. The zero-order valence-electron chi connectivity index (χ0n) is 16.9. The van der Waals surface area contributed by atoms with E-state index in [1.807, 2.05) is 39.7 Å². The van der Waals surface area contributed by atoms with Crippen molar-refractivity contribution in [2.24, 2.45) is 11.3 Å². The Morgan fingerprint density at radius 1 is 1.29 bits per heavy atom. The maximum atomic E-state index is 4.87. The van der Waals surface area contributed by atoms with E-state index in [0.29, 0.717) is 12.0 Å². The average molecular weight is 395 g/mol. The third kappa shape index (κ3) is 2.83. The summed E-state index contributed by atoms with van der Waals surface area (Å²) in [5, 5.41) is 10.3. The fourth-order valence-corrected chi connectivity index (χ4v) is 5.60. The van der Waals surface area contributed by atoms with Crippen LogP contribution in [-0.4, -0.2) is 29.4 Å². The van der Waals surface area contributed by atoms with E-state index < -0.39 is 0 Å². The molecule has 0 N–H and O–H groups in total. The maximum Gasteiger partial charge on any atom is 0.173 e. The van der Waals surface area contributed by atoms with Gasteiger partial charge in [0.1, 0.15) is 17.7 Å². The van der Waals surface area contributed by atoms with Crippen LogP contribution in [0.3, 0.4) is 0 Å². The molecule has 146 valence electrons. The highest BCUT2D eigenvalue weighted by Gasteiger charge is 2.33. The molecule has 0 aromatic carbocycles. The Kier molecular flexibility index (Phi) is 4.05. The summed E-state index contributed by atoms with van der Waals surface area (Å²) < 4.78 is 3.72. The van der Waals surface area contributed by atoms with E-state index in [4.69, 9.17) is 9.97 Å². The molecule has 1 aliphatic carbocycles. The predicted octanol–water partition coefficient (Wildman–Crippen LogP) is 4.43. The van der Waals surface area contributed by atoms with Crippen LogP contribution in [-0.2, 0) is 19.4 Å². The zero-order valence-corrected chi connectivity index (χ0v) is 17.8. The van der Waals surface area contributed by atoms with E-state index in [1.54, 1.807) is 6.33 Å². The Labute approximate surface area is 168 Å². The number of thiophene rings is 1. The normalized spacial score (nSPS) is 17.5. The molecule has 4 aromatic heterocycles. The van der Waals surface area contributed by atoms with Gasteiger partial charge in [0.25, 0.3) is 0 Å². The lowest BCUT2D eigenvalue weighted by Gasteiger charge is -2.36. The summed E-state index contributed by atoms with van der Waals surface area (Å²) in [5.74, 6) is 1.52. The van der Waals surface area contributed by atoms with Crippen molar-refractivity contribution in [1.82, 2.24) is 29.4 Å². The molecule has 1 unspecified atom stereocenters. The van der Waals surface area contributed by atoms with E-state index in [0.717, 1.165) is 40.8 Å². The first-order chi connectivity index (χ1) is 13.4. The van der Waals surface area contributed by atoms with Gasteiger partial charge in [-0.2, -0.15) is 5.10 Å². The number of rotatable bonds is 4. The highest BCUT2D eigenvalue weighted by Crippen LogP contribution is 2.44. The van der Waals surface area contributed by atoms with Gasteiger partial charge in [-0.15, -0.1) is 16.4 Å². The zero-order chi connectivity index (χ0) is 19.5. The van der Waals surface area contributed by atoms with Crippen molar-refractivity contribution >= 4 is 27.2 Å². The van der Waals surface area contributed by atoms with Crippen LogP contribution in [0, 0.1) is 18.3 Å². The van der Waals surface area contributed by atoms with Gasteiger partial charge in [0.05, 0.1) is 11.1 Å². The summed E-state index contributed by atoms with van der Waals surface area (Å²) in [6.45, 7) is 9.70. The summed E-state index contributed by atoms with van der Waals surface area (Å²) in [6, 6.07) is 2.00. The molecule has 0 bridgehead atoms. The Morgan fingerprint density at radius 3 is 2.89 bits per heavy atom. The highest BCUT2D eigenvalue weighted by molar-refractivity contribution is 7.19. The number of hydrogen-bond acceptors (Lipinski definition) is 5. The Balaban J connectivity index is 1.55. The predicted molar refractivity (Wildman–Crippen MR) is 112 cm³/mol. The smallest absolute Gasteiger partial charge is 0.173 e. The second kappa shape index (κ2) is 6.37. The van der Waals surface area contributed by atoms with Crippen molar-refractivity contribution in [1.29, 1.82) is 0 Å². The molecule has 1 atom stereocenters. The van der Waals surface area contributed by atoms with Crippen molar-refractivity contribution in [3.8, 4) is 0 Å². The summed E-state index contributed by atoms with van der Waals surface area (Å²) >= 11 is 1.85. The number of hydrogen-bond donors (Lipinski definition) is 0. The fourth-order valence-electron chi connectivity index (χ4n) is 4.34. The molecule has 0 amide bonds. The van der Waals surface area contributed by atoms with E-state index in [2.05, 4.69) is 31.0 Å². The molecule has 0 saturated heterocycles. The Morgan fingerprint density at radius 2 is 2.14 bits per heavy atom. The van der Waals surface area contributed by atoms with Crippen LogP contribution in [0.15, 0.2) is 18.6 Å². The van der Waals surface area contributed by atoms with E-state index >= 15 is 0 Å². The minimum atomic E-state index is 0.389. The summed E-state index contributed by atoms with van der Waals surface area (Å²) in [5.41, 5.74) is 3.79. The van der Waals surface area contributed by atoms with Crippen molar-refractivity contribution in [3.63, 3.8) is 0 Å². The molecule has 1 aliphatic rings. The average Bonchev–Trinajstić information content (AvgIpc) is 3.36. The highest BCUT2D eigenvalue weighted by atomic mass is 32.1. The van der Waals surface area contributed by atoms with Crippen molar-refractivity contribution in [2.75, 3.05) is 0 Å². The first kappa shape index (κ1) is 17.8. The van der Waals surface area contributed by atoms with E-state index in [-0.39, 0.29) is 0 Å². The van der Waals surface area contributed by atoms with Crippen molar-refractivity contribution < 1.29 is 0 Å². The molecule has 28 heavy (non-hydrogen) atoms. The summed E-state index contributed by atoms with van der Waals surface area (Å²) in [4.78, 5) is 12.2. The van der Waals surface area contributed by atoms with Gasteiger partial charge in [-0.3, -0.25) is 4.68 Å². The minimum absolute atomic E-state index is 0.389. The van der Waals surface area contributed by atoms with Gasteiger partial charge in [-0.25, -0.2) is 14.5 Å². The van der Waals surface area contributed by atoms with Gasteiger partial charge in [-0.1, -0.05) is 27.2 Å². The lowest BCUT2D eigenvalue weighted by molar-refractivity contribution is 0.184. The van der Waals surface area contributed by atoms with E-state index in [1.165, 1.54) is 28.7 Å². The number of aromatic nitrogens is 6. The molecule has 0 fully saturated rings. The molecular formula is C21H26N6S. The molecule has 0 saturated carbocycles. The second-order valence-electron chi connectivity index (χ2n) is 8.66. The van der Waals surface area contributed by atoms with Crippen LogP contribution in [0.2, 0.25) is 0 Å². The van der Waals surface area contributed by atoms with Gasteiger partial charge in [-0.05, 0) is 49.1 Å². The Hall–Kier alpha value is -2.28. The van der Waals surface area contributed by atoms with Gasteiger partial charge in [0.15, 0.2) is 11.5 Å². The first-order valence-electron chi connectivity index (χ1n) is 10.1. The molecular weight excluding hydrogens is 368 g/mol. The van der Waals surface area contributed by atoms with Crippen LogP contribution in [0.4, 0.5) is 0 Å². The van der Waals surface area contributed by atoms with Gasteiger partial charge in [0, 0.05) is 11.1 Å². The van der Waals surface area contributed by atoms with Gasteiger partial charge in [0.2, 0.25) is 0 Å². The lowest BCUT2D eigenvalue weighted by Crippen LogP contribution is -2.28. The fraction of sp³-hybridized carbons (Fsp3) is 0.524. The topological polar surface area (TPSA) is 60.9 Å². The molecule has 7 heteroatoms. The van der Waals surface area contributed by atoms with Crippen LogP contribution in [0.1, 0.15) is 55.6 Å². The largest absolute Gasteiger partial charge is 0.265 e. The number of aryl methyl sites for hydroxylation is 2. The molecule has 5 rings (SSSR count). The second-order valence-corrected chi connectivity index (χ2v) is 9.74. The van der Waals surface area contributed by atoms with Crippen molar-refractivity contribution in [2.45, 2.75) is 59.9 Å². The van der Waals surface area contributed by atoms with Crippen molar-refractivity contribution in [3.05, 3.63) is 40.5 Å². The molecule has 0 radical (unpaired) electrons. The van der Waals surface area contributed by atoms with Crippen LogP contribution >= 0.6 is 11.3 Å². The third-order valence-electron chi connectivity index (χ3n) is 6.52. The first-order valence-corrected chi connectivity index (χ1v) is 10.9. The number of fused-ring (bicyclic) bond motifs is 5. The minimum Gasteiger partial charge on any atom is -0.265 e. The number of nitrogens with zero attached hydrogens (tertiary/aromatic N) is 6. The quantitative estimate of drug-likeness (QED) is 0.514. The SMILES string of the molecule is CCC(C)(C)C1CCc2c(sc3ncn4nc(Cn5ccc(C)n5)nc4c23)C1. The van der Waals surface area contributed by atoms with Gasteiger partial charge >= 0.3 is 0 Å². The van der Waals surface area contributed by atoms with Crippen LogP contribution in [0.25, 0.3) is 15.9 Å². The van der Waals surface area contributed by atoms with Gasteiger partial charge < -0.3 is 0 Å². The summed E-state index contributed by atoms with van der Waals surface area (Å²) in [7, 11) is 0. The monoisotopic (exact) mass is 394 g/mol. The molecule has 6 nitrogen and oxygen atoms in total. The lowest BCUT2D eigenvalue weighted by atomic mass is 9.70. The van der Waals surface area contributed by atoms with Crippen LogP contribution < -0.4 is 0 Å². The van der Waals surface area contributed by atoms with E-state index in [9.17, 15) is 0 Å². The third-order valence-corrected chi connectivity index (χ3v) is 7.69. The van der Waals surface area contributed by atoms with Crippen LogP contribution in [0.5, 0.6) is 0 Å². The molecule has 0 aliphatic heterocycles.